The maximum absolute atomic E-state index is 13.4. The highest BCUT2D eigenvalue weighted by Crippen LogP contribution is 3.03. The molecule has 6 heteroatoms. The first kappa shape index (κ1) is 13.1. The van der Waals surface area contributed by atoms with E-state index in [1.807, 2.05) is 39.7 Å². The van der Waals surface area contributed by atoms with Crippen molar-refractivity contribution in [2.45, 2.75) is 24.9 Å². The van der Waals surface area contributed by atoms with E-state index >= 15 is 0 Å². The molecule has 1 saturated heterocycles. The molecular formula is C20H19N3O3. The molecule has 6 unspecified atom stereocenters. The zero-order chi connectivity index (χ0) is 17.0. The van der Waals surface area contributed by atoms with Crippen LogP contribution in [0.25, 0.3) is 5.69 Å². The Morgan fingerprint density at radius 2 is 1.42 bits per heavy atom. The Labute approximate surface area is 149 Å². The van der Waals surface area contributed by atoms with Crippen LogP contribution in [-0.2, 0) is 4.74 Å². The average molecular weight is 349 g/mol. The van der Waals surface area contributed by atoms with Crippen molar-refractivity contribution in [2.24, 2.45) is 34.5 Å². The van der Waals surface area contributed by atoms with Gasteiger partial charge < -0.3 is 4.74 Å². The van der Waals surface area contributed by atoms with E-state index in [-0.39, 0.29) is 34.3 Å². The van der Waals surface area contributed by atoms with Crippen molar-refractivity contribution in [1.29, 1.82) is 0 Å². The summed E-state index contributed by atoms with van der Waals surface area (Å²) in [6.45, 7) is 1.62. The second-order valence-corrected chi connectivity index (χ2v) is 9.22. The van der Waals surface area contributed by atoms with E-state index in [1.165, 1.54) is 4.57 Å². The zero-order valence-corrected chi connectivity index (χ0v) is 14.2. The van der Waals surface area contributed by atoms with Crippen molar-refractivity contribution in [3.8, 4) is 5.69 Å². The van der Waals surface area contributed by atoms with E-state index in [4.69, 9.17) is 4.74 Å². The van der Waals surface area contributed by atoms with E-state index < -0.39 is 0 Å². The van der Waals surface area contributed by atoms with Gasteiger partial charge in [-0.1, -0.05) is 18.2 Å². The maximum atomic E-state index is 13.4. The number of rotatable bonds is 1. The molecule has 9 rings (SSSR count). The average Bonchev–Trinajstić information content (AvgIpc) is 3.42. The lowest BCUT2D eigenvalue weighted by molar-refractivity contribution is -0.00192. The van der Waals surface area contributed by atoms with Gasteiger partial charge in [-0.25, -0.2) is 23.5 Å². The first-order valence-corrected chi connectivity index (χ1v) is 9.84. The third-order valence-electron chi connectivity index (χ3n) is 9.12. The number of nitrogens with zero attached hydrogens (tertiary/aromatic N) is 3. The maximum Gasteiger partial charge on any atom is 0.352 e. The summed E-state index contributed by atoms with van der Waals surface area (Å²) in [6.07, 6.45) is 2.13. The van der Waals surface area contributed by atoms with Gasteiger partial charge in [0.2, 0.25) is 0 Å². The van der Waals surface area contributed by atoms with Gasteiger partial charge in [0.05, 0.1) is 17.8 Å². The molecule has 7 aliphatic rings. The number of aromatic nitrogens is 3. The van der Waals surface area contributed by atoms with Crippen molar-refractivity contribution >= 4 is 0 Å². The summed E-state index contributed by atoms with van der Waals surface area (Å²) in [5.74, 6) is 2.77. The van der Waals surface area contributed by atoms with Crippen LogP contribution in [0.4, 0.5) is 0 Å². The lowest BCUT2D eigenvalue weighted by Crippen LogP contribution is -2.52. The lowest BCUT2D eigenvalue weighted by Gasteiger charge is -2.47. The van der Waals surface area contributed by atoms with Gasteiger partial charge in [0, 0.05) is 24.0 Å². The molecule has 6 nitrogen and oxygen atoms in total. The molecule has 2 aromatic rings. The molecule has 26 heavy (non-hydrogen) atoms. The van der Waals surface area contributed by atoms with Gasteiger partial charge in [0.15, 0.2) is 0 Å². The van der Waals surface area contributed by atoms with Crippen LogP contribution in [-0.4, -0.2) is 27.1 Å². The Morgan fingerprint density at radius 1 is 0.846 bits per heavy atom. The van der Waals surface area contributed by atoms with Gasteiger partial charge in [0.1, 0.15) is 0 Å². The van der Waals surface area contributed by atoms with Gasteiger partial charge in [-0.2, -0.15) is 0 Å². The van der Waals surface area contributed by atoms with Crippen molar-refractivity contribution in [3.05, 3.63) is 51.3 Å². The SMILES string of the molecule is O=c1n(-c2ccccc2)c(=O)n2n1C1C3C4C3C3C15CCOCCC35C42. The second-order valence-electron chi connectivity index (χ2n) is 9.22. The van der Waals surface area contributed by atoms with Crippen molar-refractivity contribution in [1.82, 2.24) is 13.9 Å². The highest BCUT2D eigenvalue weighted by atomic mass is 16.5. The topological polar surface area (TPSA) is 58.2 Å². The Bertz CT molecular complexity index is 1060. The van der Waals surface area contributed by atoms with Crippen molar-refractivity contribution < 1.29 is 4.74 Å². The standard InChI is InChI=1S/C20H19N3O3/c24-17-21(10-4-2-1-3-5-10)18(25)23-16-13-11-12(13)15(22(17)23)19-6-8-26-9-7-20(16,19)14(11)19/h1-5,11-16H,6-9H2. The lowest BCUT2D eigenvalue weighted by atomic mass is 9.69. The molecule has 2 spiro atoms. The summed E-state index contributed by atoms with van der Waals surface area (Å²) in [4.78, 5) is 26.8. The Balaban J connectivity index is 1.45. The third kappa shape index (κ3) is 0.942. The summed E-state index contributed by atoms with van der Waals surface area (Å²) in [5, 5.41) is 0. The predicted octanol–water partition coefficient (Wildman–Crippen LogP) is 1.20. The van der Waals surface area contributed by atoms with Crippen LogP contribution in [0.2, 0.25) is 0 Å². The number of para-hydroxylation sites is 1. The van der Waals surface area contributed by atoms with E-state index in [2.05, 4.69) is 0 Å². The number of hydrogen-bond acceptors (Lipinski definition) is 3. The summed E-state index contributed by atoms with van der Waals surface area (Å²) < 4.78 is 11.0. The van der Waals surface area contributed by atoms with E-state index in [1.54, 1.807) is 0 Å². The molecule has 1 aromatic heterocycles. The van der Waals surface area contributed by atoms with Crippen LogP contribution < -0.4 is 11.4 Å². The minimum absolute atomic E-state index is 0.138. The molecule has 0 amide bonds. The normalized spacial score (nSPS) is 50.2. The predicted molar refractivity (Wildman–Crippen MR) is 91.2 cm³/mol. The smallest absolute Gasteiger partial charge is 0.352 e. The highest BCUT2D eigenvalue weighted by molar-refractivity contribution is 5.49. The quantitative estimate of drug-likeness (QED) is 0.777. The molecule has 0 N–H and O–H groups in total. The summed E-state index contributed by atoms with van der Waals surface area (Å²) >= 11 is 0. The first-order chi connectivity index (χ1) is 12.7. The second kappa shape index (κ2) is 3.52. The fourth-order valence-electron chi connectivity index (χ4n) is 8.84. The van der Waals surface area contributed by atoms with Gasteiger partial charge in [0.25, 0.3) is 0 Å². The Hall–Kier alpha value is -2.08. The largest absolute Gasteiger partial charge is 0.381 e. The van der Waals surface area contributed by atoms with Gasteiger partial charge in [-0.05, 0) is 48.6 Å². The van der Waals surface area contributed by atoms with Crippen LogP contribution in [0, 0.1) is 34.5 Å². The van der Waals surface area contributed by atoms with E-state index in [0.29, 0.717) is 17.5 Å². The minimum atomic E-state index is -0.138. The first-order valence-electron chi connectivity index (χ1n) is 9.84. The molecule has 4 saturated carbocycles. The van der Waals surface area contributed by atoms with E-state index in [0.717, 1.165) is 37.9 Å². The van der Waals surface area contributed by atoms with Gasteiger partial charge >= 0.3 is 11.4 Å². The van der Waals surface area contributed by atoms with E-state index in [9.17, 15) is 9.59 Å². The molecule has 4 aliphatic carbocycles. The van der Waals surface area contributed by atoms with Crippen LogP contribution in [0.1, 0.15) is 24.9 Å². The molecule has 5 fully saturated rings. The molecule has 0 radical (unpaired) electrons. The molecule has 3 aliphatic heterocycles. The molecule has 4 heterocycles. The molecule has 6 atom stereocenters. The van der Waals surface area contributed by atoms with Gasteiger partial charge in [-0.15, -0.1) is 0 Å². The summed E-state index contributed by atoms with van der Waals surface area (Å²) in [6, 6.07) is 9.83. The number of hydrogen-bond donors (Lipinski definition) is 0. The molecule has 1 aromatic carbocycles. The minimum Gasteiger partial charge on any atom is -0.381 e. The van der Waals surface area contributed by atoms with Crippen LogP contribution >= 0.6 is 0 Å². The fraction of sp³-hybridized carbons (Fsp3) is 0.600. The van der Waals surface area contributed by atoms with Crippen LogP contribution in [0.15, 0.2) is 39.9 Å². The fourth-order valence-corrected chi connectivity index (χ4v) is 8.84. The third-order valence-corrected chi connectivity index (χ3v) is 9.12. The molecule has 2 bridgehead atoms. The van der Waals surface area contributed by atoms with Crippen LogP contribution in [0.3, 0.4) is 0 Å². The molecule has 132 valence electrons. The zero-order valence-electron chi connectivity index (χ0n) is 14.2. The summed E-state index contributed by atoms with van der Waals surface area (Å²) in [7, 11) is 0. The monoisotopic (exact) mass is 349 g/mol. The summed E-state index contributed by atoms with van der Waals surface area (Å²) in [5.41, 5.74) is 0.876. The number of benzene rings is 1. The van der Waals surface area contributed by atoms with Crippen molar-refractivity contribution in [2.75, 3.05) is 13.2 Å². The highest BCUT2D eigenvalue weighted by Gasteiger charge is 3.02. The molecular weight excluding hydrogens is 330 g/mol. The van der Waals surface area contributed by atoms with Gasteiger partial charge in [-0.3, -0.25) is 0 Å². The van der Waals surface area contributed by atoms with Crippen molar-refractivity contribution in [3.63, 3.8) is 0 Å². The van der Waals surface area contributed by atoms with Crippen LogP contribution in [0.5, 0.6) is 0 Å². The number of ether oxygens (including phenoxy) is 1. The Morgan fingerprint density at radius 3 is 2.00 bits per heavy atom. The Kier molecular flexibility index (Phi) is 1.78.